The second kappa shape index (κ2) is 11.1. The quantitative estimate of drug-likeness (QED) is 0.400. The molecular formula is C27H32N8O4. The van der Waals surface area contributed by atoms with Crippen molar-refractivity contribution < 1.29 is 23.2 Å². The van der Waals surface area contributed by atoms with Gasteiger partial charge in [0.25, 0.3) is 11.8 Å². The highest BCUT2D eigenvalue weighted by molar-refractivity contribution is 6.00. The normalized spacial score (nSPS) is 16.5. The van der Waals surface area contributed by atoms with E-state index < -0.39 is 12.9 Å². The van der Waals surface area contributed by atoms with Crippen molar-refractivity contribution in [3.8, 4) is 17.0 Å². The number of nitrogens with zero attached hydrogens (tertiary/aromatic N) is 5. The number of carbonyl (C=O) groups is 3. The molecule has 3 aromatic rings. The maximum atomic E-state index is 13.2. The molecule has 12 nitrogen and oxygen atoms in total. The van der Waals surface area contributed by atoms with Crippen LogP contribution >= 0.6 is 0 Å². The number of amides is 3. The Morgan fingerprint density at radius 3 is 2.59 bits per heavy atom. The third-order valence-electron chi connectivity index (χ3n) is 6.83. The lowest BCUT2D eigenvalue weighted by molar-refractivity contribution is -0.117. The number of nitrogens with one attached hydrogen (secondary N) is 3. The number of hydrogen-bond acceptors (Lipinski definition) is 8. The zero-order valence-electron chi connectivity index (χ0n) is 24.8. The van der Waals surface area contributed by atoms with Gasteiger partial charge in [0.05, 0.1) is 24.2 Å². The van der Waals surface area contributed by atoms with Crippen LogP contribution in [0.4, 0.5) is 17.2 Å². The van der Waals surface area contributed by atoms with Crippen LogP contribution in [0.1, 0.15) is 57.2 Å². The first-order chi connectivity index (χ1) is 20.0. The number of benzene rings is 1. The number of piperidine rings is 1. The molecule has 3 N–H and O–H groups in total. The van der Waals surface area contributed by atoms with Gasteiger partial charge in [-0.3, -0.25) is 19.1 Å². The Labute approximate surface area is 230 Å². The smallest absolute Gasteiger partial charge is 0.273 e. The summed E-state index contributed by atoms with van der Waals surface area (Å²) in [6.45, 7) is -1.33. The predicted octanol–water partition coefficient (Wildman–Crippen LogP) is 2.96. The van der Waals surface area contributed by atoms with Crippen molar-refractivity contribution in [3.63, 3.8) is 0 Å². The third kappa shape index (κ3) is 5.54. The second-order valence-corrected chi connectivity index (χ2v) is 9.61. The molecule has 2 aliphatic rings. The van der Waals surface area contributed by atoms with Crippen molar-refractivity contribution in [2.24, 2.45) is 13.0 Å². The van der Waals surface area contributed by atoms with Gasteiger partial charge >= 0.3 is 0 Å². The first kappa shape index (κ1) is 22.5. The Hall–Kier alpha value is -4.48. The summed E-state index contributed by atoms with van der Waals surface area (Å²) in [5, 5.41) is 20.1. The molecule has 0 bridgehead atoms. The fourth-order valence-corrected chi connectivity index (χ4v) is 4.61. The zero-order valence-corrected chi connectivity index (χ0v) is 21.8. The number of ether oxygens (including phenoxy) is 1. The highest BCUT2D eigenvalue weighted by Gasteiger charge is 2.30. The number of para-hydroxylation sites is 1. The van der Waals surface area contributed by atoms with E-state index in [1.54, 1.807) is 36.0 Å². The van der Waals surface area contributed by atoms with Gasteiger partial charge in [-0.2, -0.15) is 5.10 Å². The molecule has 0 spiro atoms. The van der Waals surface area contributed by atoms with E-state index in [0.717, 1.165) is 32.1 Å². The van der Waals surface area contributed by atoms with E-state index in [1.807, 2.05) is 10.2 Å². The number of hydrogen-bond donors (Lipinski definition) is 3. The van der Waals surface area contributed by atoms with Crippen LogP contribution in [-0.2, 0) is 11.8 Å². The number of rotatable bonds is 8. The molecule has 2 fully saturated rings. The van der Waals surface area contributed by atoms with Gasteiger partial charge < -0.3 is 25.6 Å². The molecule has 204 valence electrons. The average molecular weight is 536 g/mol. The zero-order chi connectivity index (χ0) is 30.0. The molecule has 3 amide bonds. The van der Waals surface area contributed by atoms with Crippen molar-refractivity contribution in [1.29, 1.82) is 0 Å². The highest BCUT2D eigenvalue weighted by Crippen LogP contribution is 2.38. The fourth-order valence-electron chi connectivity index (χ4n) is 4.61. The minimum Gasteiger partial charge on any atom is -0.494 e. The van der Waals surface area contributed by atoms with Crippen LogP contribution in [0.2, 0.25) is 0 Å². The highest BCUT2D eigenvalue weighted by atomic mass is 16.5. The molecule has 5 rings (SSSR count). The number of aromatic nitrogens is 4. The van der Waals surface area contributed by atoms with Gasteiger partial charge in [-0.25, -0.2) is 0 Å². The summed E-state index contributed by atoms with van der Waals surface area (Å²) in [6.07, 6.45) is 4.62. The van der Waals surface area contributed by atoms with Crippen LogP contribution in [0, 0.1) is 5.92 Å². The molecule has 0 unspecified atom stereocenters. The first-order valence-electron chi connectivity index (χ1n) is 14.3. The average Bonchev–Trinajstić information content (AvgIpc) is 3.74. The third-order valence-corrected chi connectivity index (χ3v) is 6.83. The lowest BCUT2D eigenvalue weighted by Crippen LogP contribution is -2.36. The number of anilines is 3. The minimum absolute atomic E-state index is 0.0854. The summed E-state index contributed by atoms with van der Waals surface area (Å²) < 4.78 is 29.5. The van der Waals surface area contributed by atoms with Gasteiger partial charge in [0.15, 0.2) is 17.3 Å². The van der Waals surface area contributed by atoms with Gasteiger partial charge in [-0.15, -0.1) is 10.2 Å². The van der Waals surface area contributed by atoms with E-state index in [1.165, 1.54) is 13.2 Å². The predicted molar refractivity (Wildman–Crippen MR) is 145 cm³/mol. The Morgan fingerprint density at radius 2 is 1.87 bits per heavy atom. The topological polar surface area (TPSA) is 143 Å². The van der Waals surface area contributed by atoms with Crippen LogP contribution in [0.3, 0.4) is 0 Å². The Bertz CT molecular complexity index is 1510. The Morgan fingerprint density at radius 1 is 1.08 bits per heavy atom. The van der Waals surface area contributed by atoms with Crippen molar-refractivity contribution in [2.75, 3.05) is 37.8 Å². The summed E-state index contributed by atoms with van der Waals surface area (Å²) in [4.78, 5) is 40.2. The molecule has 3 heterocycles. The van der Waals surface area contributed by atoms with Gasteiger partial charge in [-0.05, 0) is 50.3 Å². The molecule has 1 saturated heterocycles. The largest absolute Gasteiger partial charge is 0.494 e. The Balaban J connectivity index is 1.48. The molecule has 1 aliphatic heterocycles. The van der Waals surface area contributed by atoms with Gasteiger partial charge in [0, 0.05) is 48.8 Å². The number of aryl methyl sites for hydroxylation is 1. The monoisotopic (exact) mass is 535 g/mol. The van der Waals surface area contributed by atoms with E-state index in [4.69, 9.17) is 8.85 Å². The molecule has 1 aliphatic carbocycles. The lowest BCUT2D eigenvalue weighted by Gasteiger charge is -2.26. The summed E-state index contributed by atoms with van der Waals surface area (Å²) in [5.74, 6) is -0.914. The molecule has 2 aromatic heterocycles. The van der Waals surface area contributed by atoms with E-state index >= 15 is 0 Å². The SMILES string of the molecule is [2H]C([2H])([2H])NC(=O)c1nnc(NC(=O)C2CC2)cc1Nc1cccc(-c2cc(C(=O)N3CCCCC3)n(C)n2)c1OC. The molecule has 0 atom stereocenters. The van der Waals surface area contributed by atoms with E-state index in [-0.39, 0.29) is 34.9 Å². The standard InChI is InChI=1S/C27H32N8O4/c1-28-26(37)23-20(15-22(31-32-23)30-25(36)16-10-11-16)29-18-9-7-8-17(24(18)39-3)19-14-21(34(2)33-19)27(38)35-12-5-4-6-13-35/h7-9,14-16H,4-6,10-13H2,1-3H3,(H,28,37)(H2,29,30,31,36)/i1D3. The number of likely N-dealkylation sites (tertiary alicyclic amines) is 1. The van der Waals surface area contributed by atoms with E-state index in [9.17, 15) is 14.4 Å². The maximum absolute atomic E-state index is 13.2. The molecule has 0 radical (unpaired) electrons. The van der Waals surface area contributed by atoms with Crippen LogP contribution in [-0.4, -0.2) is 69.8 Å². The van der Waals surface area contributed by atoms with Crippen molar-refractivity contribution >= 4 is 34.9 Å². The molecular weight excluding hydrogens is 500 g/mol. The van der Waals surface area contributed by atoms with Crippen LogP contribution < -0.4 is 20.7 Å². The minimum atomic E-state index is -2.76. The van der Waals surface area contributed by atoms with Crippen LogP contribution in [0.15, 0.2) is 30.3 Å². The molecule has 12 heteroatoms. The molecule has 39 heavy (non-hydrogen) atoms. The van der Waals surface area contributed by atoms with E-state index in [2.05, 4.69) is 25.9 Å². The van der Waals surface area contributed by atoms with Gasteiger partial charge in [0.1, 0.15) is 5.69 Å². The lowest BCUT2D eigenvalue weighted by atomic mass is 10.1. The second-order valence-electron chi connectivity index (χ2n) is 9.61. The van der Waals surface area contributed by atoms with Crippen molar-refractivity contribution in [2.45, 2.75) is 32.1 Å². The number of methoxy groups -OCH3 is 1. The first-order valence-corrected chi connectivity index (χ1v) is 12.8. The van der Waals surface area contributed by atoms with Gasteiger partial charge in [-0.1, -0.05) is 6.07 Å². The van der Waals surface area contributed by atoms with Gasteiger partial charge in [0.2, 0.25) is 5.91 Å². The Kier molecular flexibility index (Phi) is 6.40. The molecule has 1 aromatic carbocycles. The summed E-state index contributed by atoms with van der Waals surface area (Å²) in [6, 6.07) is 8.35. The summed E-state index contributed by atoms with van der Waals surface area (Å²) in [5.41, 5.74) is 1.73. The van der Waals surface area contributed by atoms with Crippen LogP contribution in [0.5, 0.6) is 5.75 Å². The fraction of sp³-hybridized carbons (Fsp3) is 0.407. The van der Waals surface area contributed by atoms with Crippen LogP contribution in [0.25, 0.3) is 11.3 Å². The van der Waals surface area contributed by atoms with E-state index in [0.29, 0.717) is 41.5 Å². The number of carbonyl (C=O) groups excluding carboxylic acids is 3. The van der Waals surface area contributed by atoms with Crippen molar-refractivity contribution in [3.05, 3.63) is 41.7 Å². The maximum Gasteiger partial charge on any atom is 0.273 e. The molecule has 1 saturated carbocycles. The summed E-state index contributed by atoms with van der Waals surface area (Å²) >= 11 is 0. The summed E-state index contributed by atoms with van der Waals surface area (Å²) in [7, 11) is 3.19. The van der Waals surface area contributed by atoms with Crippen molar-refractivity contribution in [1.82, 2.24) is 30.2 Å².